The van der Waals surface area contributed by atoms with Crippen LogP contribution in [-0.2, 0) is 25.6 Å². The minimum Gasteiger partial charge on any atom is -0.497 e. The number of carbonyl (C=O) groups is 2. The minimum absolute atomic E-state index is 0.0521. The normalized spacial score (nSPS) is 22.8. The first kappa shape index (κ1) is 20.4. The average Bonchev–Trinajstić information content (AvgIpc) is 3.20. The fourth-order valence-corrected chi connectivity index (χ4v) is 4.74. The SMILES string of the molecule is COc1ccc(Cn2nnnc2C2C(COC(C)=O)=CS[C@H]3[C@@H](OC)C(=O)N23)cc1. The van der Waals surface area contributed by atoms with E-state index in [4.69, 9.17) is 14.2 Å². The Morgan fingerprint density at radius 2 is 2.00 bits per heavy atom. The number of ether oxygens (including phenoxy) is 3. The van der Waals surface area contributed by atoms with E-state index < -0.39 is 18.1 Å². The highest BCUT2D eigenvalue weighted by Gasteiger charge is 2.55. The topological polar surface area (TPSA) is 109 Å². The zero-order chi connectivity index (χ0) is 21.3. The number of tetrazole rings is 1. The third-order valence-corrected chi connectivity index (χ3v) is 6.20. The van der Waals surface area contributed by atoms with Gasteiger partial charge in [-0.05, 0) is 33.5 Å². The highest BCUT2D eigenvalue weighted by atomic mass is 32.2. The lowest BCUT2D eigenvalue weighted by Gasteiger charge is -2.51. The molecular weight excluding hydrogens is 410 g/mol. The van der Waals surface area contributed by atoms with Crippen LogP contribution in [0.2, 0.25) is 0 Å². The van der Waals surface area contributed by atoms with E-state index >= 15 is 0 Å². The van der Waals surface area contributed by atoms with Crippen molar-refractivity contribution in [3.8, 4) is 5.75 Å². The van der Waals surface area contributed by atoms with Crippen LogP contribution in [0.15, 0.2) is 35.2 Å². The molecule has 3 heterocycles. The maximum Gasteiger partial charge on any atom is 0.302 e. The smallest absolute Gasteiger partial charge is 0.302 e. The number of esters is 1. The van der Waals surface area contributed by atoms with Gasteiger partial charge in [-0.2, -0.15) is 0 Å². The second-order valence-electron chi connectivity index (χ2n) is 6.85. The van der Waals surface area contributed by atoms with Gasteiger partial charge in [-0.1, -0.05) is 12.1 Å². The van der Waals surface area contributed by atoms with E-state index in [0.29, 0.717) is 12.4 Å². The van der Waals surface area contributed by atoms with E-state index in [1.165, 1.54) is 25.8 Å². The molecule has 0 radical (unpaired) electrons. The van der Waals surface area contributed by atoms with Gasteiger partial charge in [0.1, 0.15) is 23.8 Å². The van der Waals surface area contributed by atoms with Crippen LogP contribution in [0.5, 0.6) is 5.75 Å². The minimum atomic E-state index is -0.539. The number of benzene rings is 1. The van der Waals surface area contributed by atoms with Crippen LogP contribution < -0.4 is 4.74 Å². The molecule has 1 fully saturated rings. The van der Waals surface area contributed by atoms with Crippen molar-refractivity contribution in [2.45, 2.75) is 31.0 Å². The molecule has 1 saturated heterocycles. The van der Waals surface area contributed by atoms with Crippen molar-refractivity contribution in [3.63, 3.8) is 0 Å². The first-order valence-corrected chi connectivity index (χ1v) is 10.2. The number of hydrogen-bond donors (Lipinski definition) is 0. The lowest BCUT2D eigenvalue weighted by atomic mass is 9.99. The molecule has 2 aliphatic rings. The van der Waals surface area contributed by atoms with Gasteiger partial charge in [0, 0.05) is 19.6 Å². The van der Waals surface area contributed by atoms with Crippen LogP contribution in [0.3, 0.4) is 0 Å². The summed E-state index contributed by atoms with van der Waals surface area (Å²) in [5.41, 5.74) is 1.71. The number of hydrogen-bond acceptors (Lipinski definition) is 9. The standard InChI is InChI=1S/C19H21N5O5S/c1-11(25)29-9-13-10-30-19-16(28-3)18(26)24(19)15(13)17-20-21-22-23(17)8-12-4-6-14(27-2)7-5-12/h4-7,10,15-16,19H,8-9H2,1-3H3/t15?,16-,19-/m0/s1. The summed E-state index contributed by atoms with van der Waals surface area (Å²) < 4.78 is 17.4. The Balaban J connectivity index is 1.64. The molecule has 0 aliphatic carbocycles. The Morgan fingerprint density at radius 3 is 2.67 bits per heavy atom. The molecule has 3 atom stereocenters. The fraction of sp³-hybridized carbons (Fsp3) is 0.421. The van der Waals surface area contributed by atoms with Crippen LogP contribution in [0, 0.1) is 0 Å². The average molecular weight is 431 g/mol. The number of thioether (sulfide) groups is 1. The van der Waals surface area contributed by atoms with Gasteiger partial charge in [0.2, 0.25) is 0 Å². The third kappa shape index (κ3) is 3.65. The van der Waals surface area contributed by atoms with E-state index in [2.05, 4.69) is 15.5 Å². The summed E-state index contributed by atoms with van der Waals surface area (Å²) in [6.45, 7) is 1.81. The molecule has 158 valence electrons. The number of methoxy groups -OCH3 is 2. The molecule has 11 heteroatoms. The Morgan fingerprint density at radius 1 is 1.23 bits per heavy atom. The van der Waals surface area contributed by atoms with E-state index in [1.54, 1.807) is 16.7 Å². The molecule has 1 unspecified atom stereocenters. The van der Waals surface area contributed by atoms with Crippen LogP contribution in [-0.4, -0.2) is 69.3 Å². The van der Waals surface area contributed by atoms with Gasteiger partial charge in [0.05, 0.1) is 13.7 Å². The molecule has 0 N–H and O–H groups in total. The predicted octanol–water partition coefficient (Wildman–Crippen LogP) is 1.15. The quantitative estimate of drug-likeness (QED) is 0.471. The van der Waals surface area contributed by atoms with Gasteiger partial charge in [-0.15, -0.1) is 16.9 Å². The molecule has 2 aromatic rings. The number of carbonyl (C=O) groups excluding carboxylic acids is 2. The van der Waals surface area contributed by atoms with Gasteiger partial charge in [-0.25, -0.2) is 4.68 Å². The summed E-state index contributed by atoms with van der Waals surface area (Å²) >= 11 is 1.46. The lowest BCUT2D eigenvalue weighted by Crippen LogP contribution is -2.66. The first-order valence-electron chi connectivity index (χ1n) is 9.25. The molecule has 0 bridgehead atoms. The summed E-state index contributed by atoms with van der Waals surface area (Å²) in [4.78, 5) is 25.8. The Hall–Kier alpha value is -2.92. The third-order valence-electron chi connectivity index (χ3n) is 5.01. The van der Waals surface area contributed by atoms with Crippen LogP contribution in [0.1, 0.15) is 24.4 Å². The van der Waals surface area contributed by atoms with Crippen LogP contribution >= 0.6 is 11.8 Å². The molecule has 1 aromatic heterocycles. The van der Waals surface area contributed by atoms with Crippen molar-refractivity contribution in [2.75, 3.05) is 20.8 Å². The number of aromatic nitrogens is 4. The summed E-state index contributed by atoms with van der Waals surface area (Å²) in [7, 11) is 3.13. The van der Waals surface area contributed by atoms with Crippen molar-refractivity contribution >= 4 is 23.6 Å². The number of fused-ring (bicyclic) bond motifs is 1. The fourth-order valence-electron chi connectivity index (χ4n) is 3.50. The van der Waals surface area contributed by atoms with Crippen molar-refractivity contribution in [1.29, 1.82) is 0 Å². The first-order chi connectivity index (χ1) is 14.5. The Bertz CT molecular complexity index is 976. The highest BCUT2D eigenvalue weighted by molar-refractivity contribution is 8.02. The van der Waals surface area contributed by atoms with Gasteiger partial charge >= 0.3 is 5.97 Å². The Kier molecular flexibility index (Phi) is 5.73. The zero-order valence-corrected chi connectivity index (χ0v) is 17.5. The van der Waals surface area contributed by atoms with Crippen molar-refractivity contribution in [1.82, 2.24) is 25.1 Å². The largest absolute Gasteiger partial charge is 0.497 e. The number of amides is 1. The van der Waals surface area contributed by atoms with Crippen molar-refractivity contribution in [3.05, 3.63) is 46.6 Å². The summed E-state index contributed by atoms with van der Waals surface area (Å²) in [6.07, 6.45) is -0.519. The summed E-state index contributed by atoms with van der Waals surface area (Å²) in [5.74, 6) is 0.709. The Labute approximate surface area is 177 Å². The zero-order valence-electron chi connectivity index (χ0n) is 16.7. The van der Waals surface area contributed by atoms with Gasteiger partial charge in [0.25, 0.3) is 5.91 Å². The molecular formula is C19H21N5O5S. The maximum atomic E-state index is 12.7. The monoisotopic (exact) mass is 431 g/mol. The van der Waals surface area contributed by atoms with E-state index in [1.807, 2.05) is 29.7 Å². The van der Waals surface area contributed by atoms with E-state index in [-0.39, 0.29) is 17.9 Å². The molecule has 1 aromatic carbocycles. The lowest BCUT2D eigenvalue weighted by molar-refractivity contribution is -0.166. The van der Waals surface area contributed by atoms with Crippen LogP contribution in [0.4, 0.5) is 0 Å². The molecule has 0 spiro atoms. The maximum absolute atomic E-state index is 12.7. The molecule has 4 rings (SSSR count). The molecule has 10 nitrogen and oxygen atoms in total. The van der Waals surface area contributed by atoms with Gasteiger partial charge in [0.15, 0.2) is 11.9 Å². The van der Waals surface area contributed by atoms with Gasteiger partial charge < -0.3 is 19.1 Å². The highest BCUT2D eigenvalue weighted by Crippen LogP contribution is 2.46. The van der Waals surface area contributed by atoms with Crippen molar-refractivity contribution < 1.29 is 23.8 Å². The summed E-state index contributed by atoms with van der Waals surface area (Å²) in [5, 5.41) is 13.9. The summed E-state index contributed by atoms with van der Waals surface area (Å²) in [6, 6.07) is 7.04. The molecule has 2 aliphatic heterocycles. The second kappa shape index (κ2) is 8.44. The van der Waals surface area contributed by atoms with Crippen LogP contribution in [0.25, 0.3) is 0 Å². The van der Waals surface area contributed by atoms with E-state index in [0.717, 1.165) is 16.9 Å². The second-order valence-corrected chi connectivity index (χ2v) is 7.84. The molecule has 30 heavy (non-hydrogen) atoms. The number of β-lactam (4-membered cyclic amide) rings is 1. The predicted molar refractivity (Wildman–Crippen MR) is 106 cm³/mol. The number of rotatable bonds is 7. The van der Waals surface area contributed by atoms with Crippen molar-refractivity contribution in [2.24, 2.45) is 0 Å². The van der Waals surface area contributed by atoms with E-state index in [9.17, 15) is 9.59 Å². The van der Waals surface area contributed by atoms with Gasteiger partial charge in [-0.3, -0.25) is 9.59 Å². The molecule has 1 amide bonds. The number of nitrogens with zero attached hydrogens (tertiary/aromatic N) is 5. The molecule has 0 saturated carbocycles.